The minimum Gasteiger partial charge on any atom is -0.384 e. The first kappa shape index (κ1) is 14.2. The minimum absolute atomic E-state index is 0.392. The number of hydrogen-bond acceptors (Lipinski definition) is 2. The van der Waals surface area contributed by atoms with Crippen molar-refractivity contribution in [2.24, 2.45) is 0 Å². The van der Waals surface area contributed by atoms with E-state index < -0.39 is 5.60 Å². The average Bonchev–Trinajstić information content (AvgIpc) is 2.36. The van der Waals surface area contributed by atoms with Crippen LogP contribution in [-0.4, -0.2) is 17.7 Å². The Morgan fingerprint density at radius 2 is 1.76 bits per heavy atom. The van der Waals surface area contributed by atoms with E-state index in [-0.39, 0.29) is 0 Å². The van der Waals surface area contributed by atoms with E-state index in [1.807, 2.05) is 19.1 Å². The molecule has 0 heterocycles. The predicted molar refractivity (Wildman–Crippen MR) is 73.1 cm³/mol. The van der Waals surface area contributed by atoms with Gasteiger partial charge in [0.1, 0.15) is 5.60 Å². The predicted octanol–water partition coefficient (Wildman–Crippen LogP) is 2.84. The van der Waals surface area contributed by atoms with Crippen LogP contribution in [-0.2, 0) is 12.0 Å². The molecule has 2 N–H and O–H groups in total. The van der Waals surface area contributed by atoms with Gasteiger partial charge >= 0.3 is 0 Å². The third-order valence-corrected chi connectivity index (χ3v) is 3.29. The van der Waals surface area contributed by atoms with Gasteiger partial charge in [-0.05, 0) is 24.0 Å². The monoisotopic (exact) mass is 235 g/mol. The van der Waals surface area contributed by atoms with E-state index >= 15 is 0 Å². The molecule has 2 nitrogen and oxygen atoms in total. The molecule has 17 heavy (non-hydrogen) atoms. The molecule has 0 aromatic heterocycles. The lowest BCUT2D eigenvalue weighted by Crippen LogP contribution is -2.40. The van der Waals surface area contributed by atoms with Gasteiger partial charge in [0.2, 0.25) is 0 Å². The first-order valence-electron chi connectivity index (χ1n) is 6.57. The molecule has 2 heteroatoms. The van der Waals surface area contributed by atoms with Crippen LogP contribution in [0.3, 0.4) is 0 Å². The molecule has 0 bridgehead atoms. The summed E-state index contributed by atoms with van der Waals surface area (Å²) < 4.78 is 0. The van der Waals surface area contributed by atoms with Crippen LogP contribution in [0, 0.1) is 0 Å². The summed E-state index contributed by atoms with van der Waals surface area (Å²) in [4.78, 5) is 0. The lowest BCUT2D eigenvalue weighted by atomic mass is 9.90. The van der Waals surface area contributed by atoms with E-state index in [1.54, 1.807) is 0 Å². The van der Waals surface area contributed by atoms with Gasteiger partial charge in [0, 0.05) is 12.6 Å². The van der Waals surface area contributed by atoms with Crippen LogP contribution < -0.4 is 5.32 Å². The first-order valence-corrected chi connectivity index (χ1v) is 6.57. The topological polar surface area (TPSA) is 32.3 Å². The third kappa shape index (κ3) is 3.83. The maximum Gasteiger partial charge on any atom is 0.102 e. The SMILES string of the molecule is CCc1ccc(C(O)(CC)CNC(C)C)cc1. The van der Waals surface area contributed by atoms with Crippen molar-refractivity contribution in [2.45, 2.75) is 52.2 Å². The van der Waals surface area contributed by atoms with Crippen LogP contribution in [0.5, 0.6) is 0 Å². The second-order valence-corrected chi connectivity index (χ2v) is 4.97. The summed E-state index contributed by atoms with van der Waals surface area (Å²) in [6.45, 7) is 8.95. The van der Waals surface area contributed by atoms with Crippen molar-refractivity contribution in [3.05, 3.63) is 35.4 Å². The van der Waals surface area contributed by atoms with Gasteiger partial charge in [-0.2, -0.15) is 0 Å². The number of aryl methyl sites for hydroxylation is 1. The number of benzene rings is 1. The maximum absolute atomic E-state index is 10.6. The van der Waals surface area contributed by atoms with Crippen molar-refractivity contribution in [3.8, 4) is 0 Å². The summed E-state index contributed by atoms with van der Waals surface area (Å²) in [6, 6.07) is 8.69. The van der Waals surface area contributed by atoms with Crippen molar-refractivity contribution in [2.75, 3.05) is 6.54 Å². The normalized spacial score (nSPS) is 14.9. The van der Waals surface area contributed by atoms with Crippen LogP contribution in [0.4, 0.5) is 0 Å². The summed E-state index contributed by atoms with van der Waals surface area (Å²) in [5.41, 5.74) is 1.56. The molecule has 0 aliphatic rings. The van der Waals surface area contributed by atoms with Crippen LogP contribution in [0.2, 0.25) is 0 Å². The minimum atomic E-state index is -0.753. The third-order valence-electron chi connectivity index (χ3n) is 3.29. The fourth-order valence-electron chi connectivity index (χ4n) is 1.85. The second-order valence-electron chi connectivity index (χ2n) is 4.97. The molecule has 1 atom stereocenters. The quantitative estimate of drug-likeness (QED) is 0.794. The van der Waals surface area contributed by atoms with E-state index in [2.05, 4.69) is 38.2 Å². The Morgan fingerprint density at radius 3 is 2.18 bits per heavy atom. The zero-order valence-electron chi connectivity index (χ0n) is 11.5. The lowest BCUT2D eigenvalue weighted by Gasteiger charge is -2.29. The molecule has 1 unspecified atom stereocenters. The van der Waals surface area contributed by atoms with Crippen molar-refractivity contribution in [1.82, 2.24) is 5.32 Å². The van der Waals surface area contributed by atoms with Gasteiger partial charge in [0.15, 0.2) is 0 Å². The molecule has 96 valence electrons. The lowest BCUT2D eigenvalue weighted by molar-refractivity contribution is 0.0308. The highest BCUT2D eigenvalue weighted by atomic mass is 16.3. The summed E-state index contributed by atoms with van der Waals surface area (Å²) in [6.07, 6.45) is 1.76. The molecule has 0 aliphatic heterocycles. The maximum atomic E-state index is 10.6. The van der Waals surface area contributed by atoms with E-state index in [0.29, 0.717) is 12.6 Å². The van der Waals surface area contributed by atoms with Gasteiger partial charge in [0.05, 0.1) is 0 Å². The molecule has 0 radical (unpaired) electrons. The Balaban J connectivity index is 2.83. The van der Waals surface area contributed by atoms with Crippen molar-refractivity contribution < 1.29 is 5.11 Å². The molecule has 1 aromatic rings. The number of nitrogens with one attached hydrogen (secondary N) is 1. The molecule has 0 fully saturated rings. The summed E-state index contributed by atoms with van der Waals surface area (Å²) >= 11 is 0. The van der Waals surface area contributed by atoms with Crippen molar-refractivity contribution in [3.63, 3.8) is 0 Å². The van der Waals surface area contributed by atoms with Gasteiger partial charge in [-0.3, -0.25) is 0 Å². The second kappa shape index (κ2) is 6.18. The Labute approximate surface area is 105 Å². The van der Waals surface area contributed by atoms with E-state index in [0.717, 1.165) is 18.4 Å². The average molecular weight is 235 g/mol. The number of rotatable bonds is 6. The Bertz CT molecular complexity index is 331. The Hall–Kier alpha value is -0.860. The fraction of sp³-hybridized carbons (Fsp3) is 0.600. The van der Waals surface area contributed by atoms with Crippen LogP contribution in [0.1, 0.15) is 45.2 Å². The molecular formula is C15H25NO. The highest BCUT2D eigenvalue weighted by molar-refractivity contribution is 5.27. The van der Waals surface area contributed by atoms with Gasteiger partial charge in [-0.15, -0.1) is 0 Å². The summed E-state index contributed by atoms with van der Waals surface area (Å²) in [5.74, 6) is 0. The van der Waals surface area contributed by atoms with Gasteiger partial charge in [-0.25, -0.2) is 0 Å². The number of aliphatic hydroxyl groups is 1. The smallest absolute Gasteiger partial charge is 0.102 e. The molecule has 1 aromatic carbocycles. The van der Waals surface area contributed by atoms with E-state index in [1.165, 1.54) is 5.56 Å². The summed E-state index contributed by atoms with van der Waals surface area (Å²) in [7, 11) is 0. The molecule has 0 saturated heterocycles. The first-order chi connectivity index (χ1) is 8.01. The molecular weight excluding hydrogens is 210 g/mol. The number of hydrogen-bond donors (Lipinski definition) is 2. The standard InChI is InChI=1S/C15H25NO/c1-5-13-7-9-14(10-8-13)15(17,6-2)11-16-12(3)4/h7-10,12,16-17H,5-6,11H2,1-4H3. The zero-order chi connectivity index (χ0) is 12.9. The fourth-order valence-corrected chi connectivity index (χ4v) is 1.85. The zero-order valence-corrected chi connectivity index (χ0v) is 11.5. The Morgan fingerprint density at radius 1 is 1.18 bits per heavy atom. The molecule has 1 rings (SSSR count). The molecule has 0 saturated carbocycles. The molecule has 0 amide bonds. The molecule has 0 aliphatic carbocycles. The highest BCUT2D eigenvalue weighted by Gasteiger charge is 2.26. The van der Waals surface area contributed by atoms with E-state index in [9.17, 15) is 5.11 Å². The Kier molecular flexibility index (Phi) is 5.16. The summed E-state index contributed by atoms with van der Waals surface area (Å²) in [5, 5.41) is 14.0. The van der Waals surface area contributed by atoms with Gasteiger partial charge < -0.3 is 10.4 Å². The largest absolute Gasteiger partial charge is 0.384 e. The van der Waals surface area contributed by atoms with Crippen LogP contribution in [0.15, 0.2) is 24.3 Å². The van der Waals surface area contributed by atoms with Crippen LogP contribution in [0.25, 0.3) is 0 Å². The molecule has 0 spiro atoms. The highest BCUT2D eigenvalue weighted by Crippen LogP contribution is 2.24. The van der Waals surface area contributed by atoms with Crippen LogP contribution >= 0.6 is 0 Å². The van der Waals surface area contributed by atoms with Crippen molar-refractivity contribution >= 4 is 0 Å². The van der Waals surface area contributed by atoms with Crippen molar-refractivity contribution in [1.29, 1.82) is 0 Å². The van der Waals surface area contributed by atoms with Gasteiger partial charge in [-0.1, -0.05) is 52.0 Å². The van der Waals surface area contributed by atoms with E-state index in [4.69, 9.17) is 0 Å². The van der Waals surface area contributed by atoms with Gasteiger partial charge in [0.25, 0.3) is 0 Å².